The maximum Gasteiger partial charge on any atom is 0.0428 e. The third-order valence-electron chi connectivity index (χ3n) is 4.43. The van der Waals surface area contributed by atoms with E-state index in [0.717, 1.165) is 5.92 Å². The minimum absolute atomic E-state index is 0.506. The second-order valence-electron chi connectivity index (χ2n) is 5.91. The molecule has 0 aliphatic carbocycles. The van der Waals surface area contributed by atoms with E-state index in [9.17, 15) is 0 Å². The van der Waals surface area contributed by atoms with Crippen LogP contribution >= 0.6 is 15.9 Å². The molecule has 0 fully saturated rings. The average Bonchev–Trinajstić information content (AvgIpc) is 2.36. The van der Waals surface area contributed by atoms with Crippen molar-refractivity contribution in [2.75, 3.05) is 0 Å². The minimum atomic E-state index is 0.506. The molecule has 0 heterocycles. The topological polar surface area (TPSA) is 0 Å². The Morgan fingerprint density at radius 2 is 1.32 bits per heavy atom. The van der Waals surface area contributed by atoms with Gasteiger partial charge in [-0.15, -0.1) is 0 Å². The largest absolute Gasteiger partial charge is 0.0836 e. The van der Waals surface area contributed by atoms with Crippen molar-refractivity contribution < 1.29 is 0 Å². The van der Waals surface area contributed by atoms with Crippen LogP contribution in [0.5, 0.6) is 0 Å². The Bertz CT molecular complexity index is 388. The van der Waals surface area contributed by atoms with Gasteiger partial charge in [-0.3, -0.25) is 0 Å². The molecule has 108 valence electrons. The predicted molar refractivity (Wildman–Crippen MR) is 90.4 cm³/mol. The van der Waals surface area contributed by atoms with Crippen LogP contribution in [-0.2, 0) is 0 Å². The van der Waals surface area contributed by atoms with Gasteiger partial charge < -0.3 is 0 Å². The summed E-state index contributed by atoms with van der Waals surface area (Å²) in [4.78, 5) is 0.506. The molecule has 1 aromatic carbocycles. The van der Waals surface area contributed by atoms with Crippen LogP contribution in [0.4, 0.5) is 0 Å². The SMILES string of the molecule is CCCC(CCC)C(Br)c1c(C)c(C)cc(C)c1C. The first kappa shape index (κ1) is 16.8. The van der Waals surface area contributed by atoms with Crippen molar-refractivity contribution in [3.63, 3.8) is 0 Å². The van der Waals surface area contributed by atoms with Crippen LogP contribution in [0.2, 0.25) is 0 Å². The maximum atomic E-state index is 4.02. The molecule has 0 aliphatic heterocycles. The van der Waals surface area contributed by atoms with Crippen LogP contribution in [0.25, 0.3) is 0 Å². The first-order chi connectivity index (χ1) is 8.93. The summed E-state index contributed by atoms with van der Waals surface area (Å²) < 4.78 is 0. The number of hydrogen-bond acceptors (Lipinski definition) is 0. The van der Waals surface area contributed by atoms with E-state index in [2.05, 4.69) is 63.5 Å². The molecular formula is C18H29Br. The molecule has 1 heteroatoms. The standard InChI is InChI=1S/C18H29Br/c1-7-9-16(10-8-2)18(19)17-14(5)12(3)11-13(4)15(17)6/h11,16,18H,7-10H2,1-6H3. The third kappa shape index (κ3) is 3.84. The van der Waals surface area contributed by atoms with Crippen LogP contribution in [0, 0.1) is 33.6 Å². The quantitative estimate of drug-likeness (QED) is 0.519. The number of rotatable bonds is 6. The fourth-order valence-corrected chi connectivity index (χ4v) is 4.29. The zero-order chi connectivity index (χ0) is 14.6. The van der Waals surface area contributed by atoms with Gasteiger partial charge in [0, 0.05) is 4.83 Å². The second-order valence-corrected chi connectivity index (χ2v) is 6.90. The zero-order valence-electron chi connectivity index (χ0n) is 13.4. The lowest BCUT2D eigenvalue weighted by atomic mass is 9.84. The van der Waals surface area contributed by atoms with Crippen molar-refractivity contribution in [1.29, 1.82) is 0 Å². The fraction of sp³-hybridized carbons (Fsp3) is 0.667. The first-order valence-electron chi connectivity index (χ1n) is 7.65. The monoisotopic (exact) mass is 324 g/mol. The normalized spacial score (nSPS) is 13.1. The van der Waals surface area contributed by atoms with E-state index in [1.54, 1.807) is 5.56 Å². The van der Waals surface area contributed by atoms with E-state index in [1.807, 2.05) is 0 Å². The molecule has 0 spiro atoms. The molecule has 19 heavy (non-hydrogen) atoms. The number of benzene rings is 1. The van der Waals surface area contributed by atoms with Gasteiger partial charge in [-0.2, -0.15) is 0 Å². The van der Waals surface area contributed by atoms with Crippen LogP contribution < -0.4 is 0 Å². The maximum absolute atomic E-state index is 4.02. The van der Waals surface area contributed by atoms with Gasteiger partial charge in [-0.1, -0.05) is 48.7 Å². The second kappa shape index (κ2) is 7.47. The van der Waals surface area contributed by atoms with Gasteiger partial charge in [0.2, 0.25) is 0 Å². The van der Waals surface area contributed by atoms with E-state index in [-0.39, 0.29) is 0 Å². The smallest absolute Gasteiger partial charge is 0.0428 e. The minimum Gasteiger partial charge on any atom is -0.0836 e. The molecule has 0 bridgehead atoms. The lowest BCUT2D eigenvalue weighted by molar-refractivity contribution is 0.433. The molecular weight excluding hydrogens is 296 g/mol. The average molecular weight is 325 g/mol. The number of alkyl halides is 1. The van der Waals surface area contributed by atoms with Crippen LogP contribution in [0.1, 0.15) is 72.2 Å². The number of halogens is 1. The molecule has 1 aromatic rings. The summed E-state index contributed by atoms with van der Waals surface area (Å²) in [5.41, 5.74) is 7.34. The lowest BCUT2D eigenvalue weighted by Gasteiger charge is -2.27. The first-order valence-corrected chi connectivity index (χ1v) is 8.56. The van der Waals surface area contributed by atoms with Crippen LogP contribution in [0.3, 0.4) is 0 Å². The molecule has 0 saturated heterocycles. The van der Waals surface area contributed by atoms with Crippen LogP contribution in [-0.4, -0.2) is 0 Å². The summed E-state index contributed by atoms with van der Waals surface area (Å²) in [6, 6.07) is 2.32. The Labute approximate surface area is 128 Å². The predicted octanol–water partition coefficient (Wildman–Crippen LogP) is 6.57. The number of hydrogen-bond donors (Lipinski definition) is 0. The highest BCUT2D eigenvalue weighted by molar-refractivity contribution is 9.09. The van der Waals surface area contributed by atoms with E-state index in [4.69, 9.17) is 0 Å². The molecule has 1 unspecified atom stereocenters. The molecule has 0 radical (unpaired) electrons. The summed E-state index contributed by atoms with van der Waals surface area (Å²) >= 11 is 4.02. The molecule has 0 aromatic heterocycles. The molecule has 0 N–H and O–H groups in total. The Balaban J connectivity index is 3.19. The summed E-state index contributed by atoms with van der Waals surface area (Å²) in [5.74, 6) is 0.758. The van der Waals surface area contributed by atoms with Gasteiger partial charge in [0.15, 0.2) is 0 Å². The van der Waals surface area contributed by atoms with E-state index >= 15 is 0 Å². The summed E-state index contributed by atoms with van der Waals surface area (Å²) in [7, 11) is 0. The van der Waals surface area contributed by atoms with E-state index < -0.39 is 0 Å². The Hall–Kier alpha value is -0.300. The van der Waals surface area contributed by atoms with Gasteiger partial charge in [0.1, 0.15) is 0 Å². The lowest BCUT2D eigenvalue weighted by Crippen LogP contribution is -2.12. The zero-order valence-corrected chi connectivity index (χ0v) is 15.0. The van der Waals surface area contributed by atoms with Gasteiger partial charge in [-0.25, -0.2) is 0 Å². The molecule has 0 saturated carbocycles. The van der Waals surface area contributed by atoms with Gasteiger partial charge in [-0.05, 0) is 74.3 Å². The third-order valence-corrected chi connectivity index (χ3v) is 5.64. The summed E-state index contributed by atoms with van der Waals surface area (Å²) in [5, 5.41) is 0. The van der Waals surface area contributed by atoms with Crippen molar-refractivity contribution in [2.24, 2.45) is 5.92 Å². The Morgan fingerprint density at radius 1 is 0.895 bits per heavy atom. The van der Waals surface area contributed by atoms with Crippen molar-refractivity contribution in [1.82, 2.24) is 0 Å². The molecule has 0 amide bonds. The Kier molecular flexibility index (Phi) is 6.59. The molecule has 0 nitrogen and oxygen atoms in total. The van der Waals surface area contributed by atoms with Gasteiger partial charge >= 0.3 is 0 Å². The van der Waals surface area contributed by atoms with Gasteiger partial charge in [0.05, 0.1) is 0 Å². The Morgan fingerprint density at radius 3 is 1.68 bits per heavy atom. The molecule has 1 atom stereocenters. The summed E-state index contributed by atoms with van der Waals surface area (Å²) in [6.07, 6.45) is 5.18. The van der Waals surface area contributed by atoms with Crippen molar-refractivity contribution in [3.05, 3.63) is 33.9 Å². The molecule has 0 aliphatic rings. The van der Waals surface area contributed by atoms with Gasteiger partial charge in [0.25, 0.3) is 0 Å². The fourth-order valence-electron chi connectivity index (χ4n) is 3.08. The number of aryl methyl sites for hydroxylation is 2. The van der Waals surface area contributed by atoms with E-state index in [0.29, 0.717) is 4.83 Å². The highest BCUT2D eigenvalue weighted by Gasteiger charge is 2.23. The van der Waals surface area contributed by atoms with Crippen LogP contribution in [0.15, 0.2) is 6.07 Å². The highest BCUT2D eigenvalue weighted by Crippen LogP contribution is 2.41. The highest BCUT2D eigenvalue weighted by atomic mass is 79.9. The van der Waals surface area contributed by atoms with Crippen molar-refractivity contribution in [3.8, 4) is 0 Å². The van der Waals surface area contributed by atoms with Crippen molar-refractivity contribution in [2.45, 2.75) is 72.1 Å². The van der Waals surface area contributed by atoms with E-state index in [1.165, 1.54) is 47.9 Å². The van der Waals surface area contributed by atoms with Crippen molar-refractivity contribution >= 4 is 15.9 Å². The summed E-state index contributed by atoms with van der Waals surface area (Å²) in [6.45, 7) is 13.6. The molecule has 1 rings (SSSR count).